The maximum atomic E-state index is 6.13. The van der Waals surface area contributed by atoms with E-state index in [2.05, 4.69) is 89.5 Å². The van der Waals surface area contributed by atoms with Crippen molar-refractivity contribution in [1.29, 1.82) is 0 Å². The summed E-state index contributed by atoms with van der Waals surface area (Å²) in [6.07, 6.45) is 7.27. The lowest BCUT2D eigenvalue weighted by atomic mass is 9.91. The second-order valence-corrected chi connectivity index (χ2v) is 7.16. The van der Waals surface area contributed by atoms with Crippen LogP contribution in [0.1, 0.15) is 17.9 Å². The lowest BCUT2D eigenvalue weighted by Crippen LogP contribution is -2.04. The van der Waals surface area contributed by atoms with E-state index in [0.717, 1.165) is 11.5 Å². The number of benzene rings is 3. The van der Waals surface area contributed by atoms with Gasteiger partial charge in [-0.2, -0.15) is 0 Å². The van der Waals surface area contributed by atoms with E-state index < -0.39 is 0 Å². The number of allylic oxidation sites excluding steroid dienone is 4. The molecule has 1 unspecified atom stereocenters. The molecule has 26 heavy (non-hydrogen) atoms. The molecule has 0 amide bonds. The van der Waals surface area contributed by atoms with Gasteiger partial charge in [0.25, 0.3) is 0 Å². The summed E-state index contributed by atoms with van der Waals surface area (Å²) in [7, 11) is 0. The van der Waals surface area contributed by atoms with E-state index in [1.54, 1.807) is 0 Å². The van der Waals surface area contributed by atoms with E-state index in [-0.39, 0.29) is 0 Å². The molecule has 0 spiro atoms. The van der Waals surface area contributed by atoms with Gasteiger partial charge in [-0.15, -0.1) is 0 Å². The highest BCUT2D eigenvalue weighted by Crippen LogP contribution is 2.37. The first-order valence-electron chi connectivity index (χ1n) is 8.94. The highest BCUT2D eigenvalue weighted by molar-refractivity contribution is 6.31. The number of aromatic nitrogens is 1. The molecule has 0 saturated carbocycles. The molecule has 1 heterocycles. The molecule has 0 aliphatic heterocycles. The van der Waals surface area contributed by atoms with E-state index in [0.29, 0.717) is 5.92 Å². The average molecular weight is 356 g/mol. The maximum Gasteiger partial charge on any atom is 0.0541 e. The van der Waals surface area contributed by atoms with Crippen LogP contribution in [0, 0.1) is 0 Å². The maximum absolute atomic E-state index is 6.13. The predicted molar refractivity (Wildman–Crippen MR) is 111 cm³/mol. The molecule has 3 aromatic carbocycles. The first-order chi connectivity index (χ1) is 12.8. The van der Waals surface area contributed by atoms with Crippen LogP contribution in [0.3, 0.4) is 0 Å². The van der Waals surface area contributed by atoms with Gasteiger partial charge in [0, 0.05) is 27.4 Å². The highest BCUT2D eigenvalue weighted by atomic mass is 35.5. The van der Waals surface area contributed by atoms with Gasteiger partial charge in [0.05, 0.1) is 11.0 Å². The summed E-state index contributed by atoms with van der Waals surface area (Å²) in [6, 6.07) is 26.0. The summed E-state index contributed by atoms with van der Waals surface area (Å²) in [4.78, 5) is 0. The molecule has 1 aliphatic carbocycles. The van der Waals surface area contributed by atoms with Gasteiger partial charge >= 0.3 is 0 Å². The molecule has 1 aliphatic rings. The van der Waals surface area contributed by atoms with Crippen LogP contribution in [0.5, 0.6) is 0 Å². The summed E-state index contributed by atoms with van der Waals surface area (Å²) in [5.74, 6) is 0.341. The Bertz CT molecular complexity index is 1130. The topological polar surface area (TPSA) is 4.93 Å². The number of para-hydroxylation sites is 3. The Labute approximate surface area is 157 Å². The molecule has 0 saturated heterocycles. The van der Waals surface area contributed by atoms with Crippen molar-refractivity contribution >= 4 is 33.4 Å². The quantitative estimate of drug-likeness (QED) is 0.366. The third kappa shape index (κ3) is 2.40. The van der Waals surface area contributed by atoms with Crippen LogP contribution >= 0.6 is 11.6 Å². The van der Waals surface area contributed by atoms with Crippen LogP contribution in [0.25, 0.3) is 27.5 Å². The standard InChI is InChI=1S/C24H18ClN/c25-18-15-13-17(14-16-18)19-7-1-4-10-22(19)26-23-11-5-2-8-20(23)21-9-3-6-12-24(21)26/h1-13,15-17H,14H2. The van der Waals surface area contributed by atoms with Crippen LogP contribution in [-0.4, -0.2) is 4.57 Å². The van der Waals surface area contributed by atoms with Crippen molar-refractivity contribution in [1.82, 2.24) is 4.57 Å². The van der Waals surface area contributed by atoms with Crippen molar-refractivity contribution in [3.63, 3.8) is 0 Å². The van der Waals surface area contributed by atoms with Crippen molar-refractivity contribution in [2.75, 3.05) is 0 Å². The Balaban J connectivity index is 1.80. The molecule has 1 atom stereocenters. The molecule has 5 rings (SSSR count). The van der Waals surface area contributed by atoms with Crippen molar-refractivity contribution in [2.24, 2.45) is 0 Å². The van der Waals surface area contributed by atoms with Crippen LogP contribution in [0.2, 0.25) is 0 Å². The summed E-state index contributed by atoms with van der Waals surface area (Å²) < 4.78 is 2.40. The zero-order chi connectivity index (χ0) is 17.5. The van der Waals surface area contributed by atoms with Gasteiger partial charge < -0.3 is 4.57 Å². The molecule has 126 valence electrons. The van der Waals surface area contributed by atoms with Crippen LogP contribution in [-0.2, 0) is 0 Å². The van der Waals surface area contributed by atoms with Crippen LogP contribution in [0.4, 0.5) is 0 Å². The highest BCUT2D eigenvalue weighted by Gasteiger charge is 2.18. The van der Waals surface area contributed by atoms with Crippen LogP contribution < -0.4 is 0 Å². The fraction of sp³-hybridized carbons (Fsp3) is 0.0833. The summed E-state index contributed by atoms with van der Waals surface area (Å²) in [5, 5.41) is 3.41. The molecular formula is C24H18ClN. The minimum atomic E-state index is 0.341. The molecule has 0 radical (unpaired) electrons. The Morgan fingerprint density at radius 3 is 2.04 bits per heavy atom. The van der Waals surface area contributed by atoms with E-state index in [1.807, 2.05) is 6.08 Å². The van der Waals surface area contributed by atoms with Crippen molar-refractivity contribution in [2.45, 2.75) is 12.3 Å². The number of hydrogen-bond donors (Lipinski definition) is 0. The normalized spacial score (nSPS) is 17.0. The van der Waals surface area contributed by atoms with Gasteiger partial charge in [0.2, 0.25) is 0 Å². The molecule has 1 nitrogen and oxygen atoms in total. The largest absolute Gasteiger partial charge is 0.309 e. The van der Waals surface area contributed by atoms with Gasteiger partial charge in [-0.05, 0) is 36.3 Å². The van der Waals surface area contributed by atoms with Gasteiger partial charge in [0.15, 0.2) is 0 Å². The monoisotopic (exact) mass is 355 g/mol. The predicted octanol–water partition coefficient (Wildman–Crippen LogP) is 6.95. The minimum absolute atomic E-state index is 0.341. The third-order valence-corrected chi connectivity index (χ3v) is 5.49. The lowest BCUT2D eigenvalue weighted by molar-refractivity contribution is 0.841. The lowest BCUT2D eigenvalue weighted by Gasteiger charge is -2.20. The Morgan fingerprint density at radius 1 is 0.769 bits per heavy atom. The van der Waals surface area contributed by atoms with Crippen molar-refractivity contribution in [3.8, 4) is 5.69 Å². The molecule has 0 bridgehead atoms. The molecule has 1 aromatic heterocycles. The summed E-state index contributed by atoms with van der Waals surface area (Å²) in [5.41, 5.74) is 5.06. The molecule has 0 N–H and O–H groups in total. The molecule has 2 heteroatoms. The fourth-order valence-corrected chi connectivity index (χ4v) is 4.17. The van der Waals surface area contributed by atoms with Crippen molar-refractivity contribution < 1.29 is 0 Å². The SMILES string of the molecule is ClC1=CCC(c2ccccc2-n2c3ccccc3c3ccccc32)C=C1. The van der Waals surface area contributed by atoms with Gasteiger partial charge in [-0.3, -0.25) is 0 Å². The Morgan fingerprint density at radius 2 is 1.38 bits per heavy atom. The van der Waals surface area contributed by atoms with Crippen LogP contribution in [0.15, 0.2) is 96.1 Å². The third-order valence-electron chi connectivity index (χ3n) is 5.21. The number of nitrogens with zero attached hydrogens (tertiary/aromatic N) is 1. The summed E-state index contributed by atoms with van der Waals surface area (Å²) >= 11 is 6.13. The number of rotatable bonds is 2. The second kappa shape index (κ2) is 6.19. The van der Waals surface area contributed by atoms with Gasteiger partial charge in [0.1, 0.15) is 0 Å². The minimum Gasteiger partial charge on any atom is -0.309 e. The summed E-state index contributed by atoms with van der Waals surface area (Å²) in [6.45, 7) is 0. The number of fused-ring (bicyclic) bond motifs is 3. The van der Waals surface area contributed by atoms with E-state index >= 15 is 0 Å². The van der Waals surface area contributed by atoms with E-state index in [9.17, 15) is 0 Å². The van der Waals surface area contributed by atoms with Gasteiger partial charge in [-0.25, -0.2) is 0 Å². The van der Waals surface area contributed by atoms with E-state index in [4.69, 9.17) is 11.6 Å². The average Bonchev–Trinajstić information content (AvgIpc) is 3.03. The number of hydrogen-bond acceptors (Lipinski definition) is 0. The molecular weight excluding hydrogens is 338 g/mol. The molecule has 4 aromatic rings. The Hall–Kier alpha value is -2.77. The molecule has 0 fully saturated rings. The zero-order valence-electron chi connectivity index (χ0n) is 14.3. The van der Waals surface area contributed by atoms with Gasteiger partial charge in [-0.1, -0.05) is 78.4 Å². The van der Waals surface area contributed by atoms with E-state index in [1.165, 1.54) is 33.1 Å². The fourth-order valence-electron chi connectivity index (χ4n) is 4.01. The zero-order valence-corrected chi connectivity index (χ0v) is 15.0. The van der Waals surface area contributed by atoms with Crippen molar-refractivity contribution in [3.05, 3.63) is 102 Å². The Kier molecular flexibility index (Phi) is 3.69. The first-order valence-corrected chi connectivity index (χ1v) is 9.32. The smallest absolute Gasteiger partial charge is 0.0541 e. The second-order valence-electron chi connectivity index (χ2n) is 6.72. The first kappa shape index (κ1) is 15.5. The number of halogens is 1.